The van der Waals surface area contributed by atoms with Gasteiger partial charge < -0.3 is 9.64 Å². The first-order valence-electron chi connectivity index (χ1n) is 7.04. The minimum atomic E-state index is 0.0166. The first-order valence-corrected chi connectivity index (χ1v) is 7.04. The van der Waals surface area contributed by atoms with Gasteiger partial charge in [-0.3, -0.25) is 4.79 Å². The summed E-state index contributed by atoms with van der Waals surface area (Å²) in [5.74, 6) is 0.743. The van der Waals surface area contributed by atoms with E-state index in [1.54, 1.807) is 12.0 Å². The quantitative estimate of drug-likeness (QED) is 0.774. The molecule has 0 aliphatic heterocycles. The van der Waals surface area contributed by atoms with E-state index in [1.807, 2.05) is 24.3 Å². The maximum Gasteiger partial charge on any atom is 0.228 e. The number of amides is 1. The molecule has 20 heavy (non-hydrogen) atoms. The van der Waals surface area contributed by atoms with Crippen LogP contribution in [0.25, 0.3) is 0 Å². The molecule has 1 aromatic rings. The van der Waals surface area contributed by atoms with Gasteiger partial charge in [0.1, 0.15) is 12.3 Å². The van der Waals surface area contributed by atoms with Crippen LogP contribution in [-0.2, 0) is 11.2 Å². The van der Waals surface area contributed by atoms with E-state index in [0.717, 1.165) is 37.0 Å². The van der Waals surface area contributed by atoms with Crippen LogP contribution in [0.4, 0.5) is 0 Å². The number of hydrogen-bond donors (Lipinski definition) is 0. The maximum absolute atomic E-state index is 12.5. The lowest BCUT2D eigenvalue weighted by Gasteiger charge is -2.26. The van der Waals surface area contributed by atoms with Gasteiger partial charge in [0, 0.05) is 11.6 Å². The topological polar surface area (TPSA) is 53.3 Å². The third kappa shape index (κ3) is 3.30. The van der Waals surface area contributed by atoms with Gasteiger partial charge in [-0.2, -0.15) is 5.26 Å². The van der Waals surface area contributed by atoms with E-state index >= 15 is 0 Å². The van der Waals surface area contributed by atoms with E-state index in [2.05, 4.69) is 6.07 Å². The van der Waals surface area contributed by atoms with Crippen molar-refractivity contribution < 1.29 is 9.53 Å². The zero-order valence-electron chi connectivity index (χ0n) is 11.8. The fourth-order valence-electron chi connectivity index (χ4n) is 2.83. The molecule has 0 heterocycles. The highest BCUT2D eigenvalue weighted by molar-refractivity contribution is 5.80. The fraction of sp³-hybridized carbons (Fsp3) is 0.500. The lowest BCUT2D eigenvalue weighted by Crippen LogP contribution is -2.40. The van der Waals surface area contributed by atoms with Crippen molar-refractivity contribution in [3.63, 3.8) is 0 Å². The Morgan fingerprint density at radius 2 is 2.10 bits per heavy atom. The summed E-state index contributed by atoms with van der Waals surface area (Å²) in [6.45, 7) is 0.179. The molecule has 0 N–H and O–H groups in total. The Kier molecular flexibility index (Phi) is 5.00. The molecule has 106 valence electrons. The molecule has 1 aliphatic rings. The average Bonchev–Trinajstić information content (AvgIpc) is 2.99. The van der Waals surface area contributed by atoms with Gasteiger partial charge in [-0.1, -0.05) is 31.0 Å². The molecule has 4 heteroatoms. The van der Waals surface area contributed by atoms with Gasteiger partial charge in [0.2, 0.25) is 5.91 Å². The summed E-state index contributed by atoms with van der Waals surface area (Å²) in [7, 11) is 1.60. The summed E-state index contributed by atoms with van der Waals surface area (Å²) in [6.07, 6.45) is 4.62. The van der Waals surface area contributed by atoms with E-state index in [0.29, 0.717) is 6.42 Å². The molecule has 1 aliphatic carbocycles. The molecule has 1 fully saturated rings. The number of carbonyl (C=O) groups excluding carboxylic acids is 1. The summed E-state index contributed by atoms with van der Waals surface area (Å²) in [5, 5.41) is 8.94. The van der Waals surface area contributed by atoms with Crippen molar-refractivity contribution in [3.05, 3.63) is 29.8 Å². The molecule has 4 nitrogen and oxygen atoms in total. The third-order valence-corrected chi connectivity index (χ3v) is 3.86. The molecule has 0 bridgehead atoms. The van der Waals surface area contributed by atoms with Crippen LogP contribution in [0.1, 0.15) is 31.2 Å². The molecular weight excluding hydrogens is 252 g/mol. The molecule has 0 aromatic heterocycles. The summed E-state index contributed by atoms with van der Waals surface area (Å²) in [6, 6.07) is 9.88. The smallest absolute Gasteiger partial charge is 0.228 e. The lowest BCUT2D eigenvalue weighted by atomic mass is 10.1. The second kappa shape index (κ2) is 6.95. The maximum atomic E-state index is 12.5. The zero-order chi connectivity index (χ0) is 14.4. The Morgan fingerprint density at radius 3 is 2.75 bits per heavy atom. The standard InChI is InChI=1S/C16H20N2O2/c1-20-15-9-5-2-6-13(15)12-16(19)18(11-10-17)14-7-3-4-8-14/h2,5-6,9,14H,3-4,7-8,11-12H2,1H3. The minimum absolute atomic E-state index is 0.0166. The molecule has 2 rings (SSSR count). The molecule has 0 atom stereocenters. The number of nitriles is 1. The molecule has 0 radical (unpaired) electrons. The number of rotatable bonds is 5. The summed E-state index contributed by atoms with van der Waals surface area (Å²) in [5.41, 5.74) is 0.876. The van der Waals surface area contributed by atoms with Crippen LogP contribution in [0, 0.1) is 11.3 Å². The average molecular weight is 272 g/mol. The molecule has 0 saturated heterocycles. The second-order valence-corrected chi connectivity index (χ2v) is 5.11. The first kappa shape index (κ1) is 14.4. The van der Waals surface area contributed by atoms with Crippen LogP contribution in [0.2, 0.25) is 0 Å². The van der Waals surface area contributed by atoms with Crippen molar-refractivity contribution in [2.75, 3.05) is 13.7 Å². The Labute approximate surface area is 120 Å². The van der Waals surface area contributed by atoms with Crippen LogP contribution in [-0.4, -0.2) is 30.5 Å². The van der Waals surface area contributed by atoms with Crippen LogP contribution >= 0.6 is 0 Å². The predicted octanol–water partition coefficient (Wildman–Crippen LogP) is 2.53. The molecule has 0 spiro atoms. The highest BCUT2D eigenvalue weighted by atomic mass is 16.5. The largest absolute Gasteiger partial charge is 0.496 e. The highest BCUT2D eigenvalue weighted by Crippen LogP contribution is 2.25. The Balaban J connectivity index is 2.10. The number of ether oxygens (including phenoxy) is 1. The van der Waals surface area contributed by atoms with Crippen molar-refractivity contribution >= 4 is 5.91 Å². The summed E-state index contributed by atoms with van der Waals surface area (Å²) >= 11 is 0. The number of nitrogens with zero attached hydrogens (tertiary/aromatic N) is 2. The van der Waals surface area contributed by atoms with Crippen molar-refractivity contribution in [1.82, 2.24) is 4.90 Å². The summed E-state index contributed by atoms with van der Waals surface area (Å²) in [4.78, 5) is 14.2. The SMILES string of the molecule is COc1ccccc1CC(=O)N(CC#N)C1CCCC1. The van der Waals surface area contributed by atoms with E-state index in [1.165, 1.54) is 0 Å². The van der Waals surface area contributed by atoms with Crippen LogP contribution < -0.4 is 4.74 Å². The highest BCUT2D eigenvalue weighted by Gasteiger charge is 2.26. The molecule has 0 unspecified atom stereocenters. The van der Waals surface area contributed by atoms with E-state index in [9.17, 15) is 4.79 Å². The molecular formula is C16H20N2O2. The second-order valence-electron chi connectivity index (χ2n) is 5.11. The van der Waals surface area contributed by atoms with Crippen molar-refractivity contribution in [2.45, 2.75) is 38.1 Å². The van der Waals surface area contributed by atoms with E-state index < -0.39 is 0 Å². The number of para-hydroxylation sites is 1. The number of benzene rings is 1. The Morgan fingerprint density at radius 1 is 1.40 bits per heavy atom. The van der Waals surface area contributed by atoms with Crippen LogP contribution in [0.3, 0.4) is 0 Å². The normalized spacial score (nSPS) is 14.8. The Hall–Kier alpha value is -2.02. The zero-order valence-corrected chi connectivity index (χ0v) is 11.8. The van der Waals surface area contributed by atoms with E-state index in [4.69, 9.17) is 10.00 Å². The molecule has 1 aromatic carbocycles. The van der Waals surface area contributed by atoms with Gasteiger partial charge in [-0.25, -0.2) is 0 Å². The molecule has 1 saturated carbocycles. The Bertz CT molecular complexity index is 501. The number of carbonyl (C=O) groups is 1. The number of methoxy groups -OCH3 is 1. The van der Waals surface area contributed by atoms with Gasteiger partial charge >= 0.3 is 0 Å². The van der Waals surface area contributed by atoms with Gasteiger partial charge in [0.15, 0.2) is 0 Å². The minimum Gasteiger partial charge on any atom is -0.496 e. The lowest BCUT2D eigenvalue weighted by molar-refractivity contribution is -0.132. The van der Waals surface area contributed by atoms with Crippen LogP contribution in [0.5, 0.6) is 5.75 Å². The fourth-order valence-corrected chi connectivity index (χ4v) is 2.83. The van der Waals surface area contributed by atoms with Gasteiger partial charge in [-0.15, -0.1) is 0 Å². The van der Waals surface area contributed by atoms with Gasteiger partial charge in [-0.05, 0) is 18.9 Å². The van der Waals surface area contributed by atoms with Gasteiger partial charge in [0.25, 0.3) is 0 Å². The third-order valence-electron chi connectivity index (χ3n) is 3.86. The predicted molar refractivity (Wildman–Crippen MR) is 76.3 cm³/mol. The van der Waals surface area contributed by atoms with Crippen molar-refractivity contribution in [2.24, 2.45) is 0 Å². The molecule has 1 amide bonds. The van der Waals surface area contributed by atoms with Crippen molar-refractivity contribution in [3.8, 4) is 11.8 Å². The summed E-state index contributed by atoms with van der Waals surface area (Å²) < 4.78 is 5.28. The monoisotopic (exact) mass is 272 g/mol. The van der Waals surface area contributed by atoms with Crippen LogP contribution in [0.15, 0.2) is 24.3 Å². The number of hydrogen-bond acceptors (Lipinski definition) is 3. The van der Waals surface area contributed by atoms with Crippen molar-refractivity contribution in [1.29, 1.82) is 5.26 Å². The first-order chi connectivity index (χ1) is 9.76. The van der Waals surface area contributed by atoms with E-state index in [-0.39, 0.29) is 18.5 Å². The van der Waals surface area contributed by atoms with Gasteiger partial charge in [0.05, 0.1) is 19.6 Å².